The molecule has 0 aliphatic carbocycles. The van der Waals surface area contributed by atoms with Crippen LogP contribution in [0.4, 0.5) is 0 Å². The molecule has 98 valence electrons. The number of ketones is 1. The van der Waals surface area contributed by atoms with Gasteiger partial charge in [-0.25, -0.2) is 0 Å². The van der Waals surface area contributed by atoms with Crippen molar-refractivity contribution in [2.45, 2.75) is 12.5 Å². The predicted molar refractivity (Wildman–Crippen MR) is 64.1 cm³/mol. The van der Waals surface area contributed by atoms with Gasteiger partial charge in [0.15, 0.2) is 5.78 Å². The molecular weight excluding hydrogens is 234 g/mol. The topological polar surface area (TPSA) is 78.5 Å². The van der Waals surface area contributed by atoms with Gasteiger partial charge in [-0.3, -0.25) is 4.79 Å². The third kappa shape index (κ3) is 4.65. The maximum absolute atomic E-state index is 11.7. The molecule has 0 aliphatic heterocycles. The van der Waals surface area contributed by atoms with Crippen LogP contribution in [0.5, 0.6) is 0 Å². The lowest BCUT2D eigenvalue weighted by molar-refractivity contribution is -0.308. The minimum Gasteiger partial charge on any atom is -0.548 e. The van der Waals surface area contributed by atoms with Crippen molar-refractivity contribution in [3.8, 4) is 0 Å². The van der Waals surface area contributed by atoms with E-state index in [0.717, 1.165) is 0 Å². The Labute approximate surface area is 106 Å². The summed E-state index contributed by atoms with van der Waals surface area (Å²) < 4.78 is 4.80. The first-order chi connectivity index (χ1) is 8.65. The lowest BCUT2D eigenvalue weighted by Gasteiger charge is -2.18. The number of carboxylic acids is 1. The standard InChI is InChI=1S/C13H17NO4/c1-18-8-7-11(13(16)17)14-9-12(15)10-5-3-2-4-6-10/h2-6,11,14H,7-9H2,1H3,(H,16,17)/p-1. The lowest BCUT2D eigenvalue weighted by Crippen LogP contribution is -2.47. The minimum absolute atomic E-state index is 0.0353. The van der Waals surface area contributed by atoms with E-state index in [2.05, 4.69) is 5.32 Å². The number of hydrogen-bond acceptors (Lipinski definition) is 5. The number of ether oxygens (including phenoxy) is 1. The van der Waals surface area contributed by atoms with E-state index >= 15 is 0 Å². The van der Waals surface area contributed by atoms with Crippen molar-refractivity contribution in [3.63, 3.8) is 0 Å². The average Bonchev–Trinajstić information content (AvgIpc) is 2.39. The largest absolute Gasteiger partial charge is 0.548 e. The van der Waals surface area contributed by atoms with Crippen LogP contribution < -0.4 is 10.4 Å². The Balaban J connectivity index is 2.47. The number of benzene rings is 1. The molecule has 0 fully saturated rings. The van der Waals surface area contributed by atoms with Gasteiger partial charge in [0.2, 0.25) is 0 Å². The fourth-order valence-corrected chi connectivity index (χ4v) is 1.48. The van der Waals surface area contributed by atoms with Crippen molar-refractivity contribution in [2.75, 3.05) is 20.3 Å². The summed E-state index contributed by atoms with van der Waals surface area (Å²) in [6.45, 7) is 0.261. The van der Waals surface area contributed by atoms with E-state index in [9.17, 15) is 14.7 Å². The number of carboxylic acid groups (broad SMARTS) is 1. The maximum Gasteiger partial charge on any atom is 0.176 e. The van der Waals surface area contributed by atoms with Crippen molar-refractivity contribution in [1.29, 1.82) is 0 Å². The van der Waals surface area contributed by atoms with Crippen LogP contribution in [0.25, 0.3) is 0 Å². The van der Waals surface area contributed by atoms with Crippen LogP contribution in [0.2, 0.25) is 0 Å². The Hall–Kier alpha value is -1.72. The highest BCUT2D eigenvalue weighted by Crippen LogP contribution is 2.00. The molecule has 1 aromatic carbocycles. The van der Waals surface area contributed by atoms with Crippen molar-refractivity contribution < 1.29 is 19.4 Å². The molecule has 0 amide bonds. The van der Waals surface area contributed by atoms with Gasteiger partial charge in [0.1, 0.15) is 0 Å². The van der Waals surface area contributed by atoms with E-state index in [-0.39, 0.29) is 18.7 Å². The van der Waals surface area contributed by atoms with E-state index < -0.39 is 12.0 Å². The third-order valence-electron chi connectivity index (χ3n) is 2.50. The maximum atomic E-state index is 11.7. The second-order valence-corrected chi connectivity index (χ2v) is 3.82. The van der Waals surface area contributed by atoms with Gasteiger partial charge in [-0.15, -0.1) is 0 Å². The quantitative estimate of drug-likeness (QED) is 0.636. The van der Waals surface area contributed by atoms with E-state index in [4.69, 9.17) is 4.74 Å². The first-order valence-electron chi connectivity index (χ1n) is 5.66. The molecule has 1 N–H and O–H groups in total. The number of rotatable bonds is 8. The normalized spacial score (nSPS) is 12.1. The summed E-state index contributed by atoms with van der Waals surface area (Å²) in [4.78, 5) is 22.6. The molecule has 0 aromatic heterocycles. The molecule has 5 nitrogen and oxygen atoms in total. The molecule has 0 spiro atoms. The fraction of sp³-hybridized carbons (Fsp3) is 0.385. The molecule has 0 heterocycles. The van der Waals surface area contributed by atoms with E-state index in [1.807, 2.05) is 6.07 Å². The van der Waals surface area contributed by atoms with Gasteiger partial charge in [0.25, 0.3) is 0 Å². The van der Waals surface area contributed by atoms with Crippen molar-refractivity contribution in [1.82, 2.24) is 5.32 Å². The Morgan fingerprint density at radius 3 is 2.56 bits per heavy atom. The molecule has 0 saturated carbocycles. The lowest BCUT2D eigenvalue weighted by atomic mass is 10.1. The predicted octanol–water partition coefficient (Wildman–Crippen LogP) is -0.386. The number of carbonyl (C=O) groups is 2. The summed E-state index contributed by atoms with van der Waals surface area (Å²) in [5.41, 5.74) is 0.550. The second-order valence-electron chi connectivity index (χ2n) is 3.82. The monoisotopic (exact) mass is 250 g/mol. The van der Waals surface area contributed by atoms with Gasteiger partial charge in [-0.2, -0.15) is 0 Å². The van der Waals surface area contributed by atoms with Crippen LogP contribution in [-0.4, -0.2) is 38.1 Å². The summed E-state index contributed by atoms with van der Waals surface area (Å²) in [5, 5.41) is 13.5. The van der Waals surface area contributed by atoms with Gasteiger partial charge in [0.05, 0.1) is 12.5 Å². The minimum atomic E-state index is -1.23. The molecule has 0 saturated heterocycles. The highest BCUT2D eigenvalue weighted by Gasteiger charge is 2.12. The van der Waals surface area contributed by atoms with Crippen LogP contribution in [0.3, 0.4) is 0 Å². The smallest absolute Gasteiger partial charge is 0.176 e. The van der Waals surface area contributed by atoms with E-state index in [1.165, 1.54) is 7.11 Å². The molecule has 1 atom stereocenters. The summed E-state index contributed by atoms with van der Waals surface area (Å²) >= 11 is 0. The Bertz CT molecular complexity index is 391. The van der Waals surface area contributed by atoms with Gasteiger partial charge >= 0.3 is 0 Å². The Morgan fingerprint density at radius 1 is 1.33 bits per heavy atom. The fourth-order valence-electron chi connectivity index (χ4n) is 1.48. The molecule has 0 aliphatic rings. The highest BCUT2D eigenvalue weighted by atomic mass is 16.5. The molecule has 1 unspecified atom stereocenters. The molecule has 5 heteroatoms. The zero-order valence-corrected chi connectivity index (χ0v) is 10.2. The number of aliphatic carboxylic acids is 1. The van der Waals surface area contributed by atoms with Crippen LogP contribution in [0.1, 0.15) is 16.8 Å². The SMILES string of the molecule is COCCC(NCC(=O)c1ccccc1)C(=O)[O-]. The first kappa shape index (κ1) is 14.3. The van der Waals surface area contributed by atoms with Crippen molar-refractivity contribution in [3.05, 3.63) is 35.9 Å². The summed E-state index contributed by atoms with van der Waals surface area (Å²) in [5.74, 6) is -1.38. The van der Waals surface area contributed by atoms with Gasteiger partial charge in [-0.1, -0.05) is 30.3 Å². The average molecular weight is 250 g/mol. The summed E-state index contributed by atoms with van der Waals surface area (Å²) in [6, 6.07) is 7.83. The first-order valence-corrected chi connectivity index (χ1v) is 5.66. The zero-order chi connectivity index (χ0) is 13.4. The number of Topliss-reactive ketones (excluding diaryl/α,β-unsaturated/α-hetero) is 1. The third-order valence-corrected chi connectivity index (χ3v) is 2.50. The molecule has 1 aromatic rings. The zero-order valence-electron chi connectivity index (χ0n) is 10.2. The number of nitrogens with one attached hydrogen (secondary N) is 1. The molecular formula is C13H16NO4-. The summed E-state index contributed by atoms with van der Waals surface area (Å²) in [7, 11) is 1.49. The van der Waals surface area contributed by atoms with Crippen LogP contribution in [0.15, 0.2) is 30.3 Å². The van der Waals surface area contributed by atoms with Gasteiger partial charge in [-0.05, 0) is 6.42 Å². The second kappa shape index (κ2) is 7.58. The van der Waals surface area contributed by atoms with Crippen LogP contribution in [-0.2, 0) is 9.53 Å². The summed E-state index contributed by atoms with van der Waals surface area (Å²) in [6.07, 6.45) is 0.265. The van der Waals surface area contributed by atoms with Crippen molar-refractivity contribution >= 4 is 11.8 Å². The molecule has 0 bridgehead atoms. The van der Waals surface area contributed by atoms with Gasteiger partial charge in [0, 0.05) is 25.3 Å². The van der Waals surface area contributed by atoms with Crippen LogP contribution >= 0.6 is 0 Å². The van der Waals surface area contributed by atoms with Gasteiger partial charge < -0.3 is 20.0 Å². The Morgan fingerprint density at radius 2 is 2.00 bits per heavy atom. The molecule has 0 radical (unpaired) electrons. The van der Waals surface area contributed by atoms with Crippen molar-refractivity contribution in [2.24, 2.45) is 0 Å². The van der Waals surface area contributed by atoms with Crippen LogP contribution in [0, 0.1) is 0 Å². The number of carbonyl (C=O) groups excluding carboxylic acids is 2. The molecule has 1 rings (SSSR count). The van der Waals surface area contributed by atoms with E-state index in [1.54, 1.807) is 24.3 Å². The highest BCUT2D eigenvalue weighted by molar-refractivity contribution is 5.97. The van der Waals surface area contributed by atoms with E-state index in [0.29, 0.717) is 12.2 Å². The number of methoxy groups -OCH3 is 1. The Kier molecular flexibility index (Phi) is 6.04. The number of hydrogen-bond donors (Lipinski definition) is 1. The molecule has 18 heavy (non-hydrogen) atoms.